The number of H-pyrrole nitrogens is 1. The van der Waals surface area contributed by atoms with Crippen LogP contribution in [0.25, 0.3) is 10.9 Å². The van der Waals surface area contributed by atoms with Gasteiger partial charge in [0.1, 0.15) is 10.7 Å². The minimum Gasteiger partial charge on any atom is -0.390 e. The molecule has 6 heteroatoms. The number of anilines is 1. The minimum absolute atomic E-state index is 0.0789. The Kier molecular flexibility index (Phi) is 5.00. The van der Waals surface area contributed by atoms with E-state index in [1.54, 1.807) is 11.8 Å². The van der Waals surface area contributed by atoms with Crippen LogP contribution >= 0.6 is 11.8 Å². The van der Waals surface area contributed by atoms with Gasteiger partial charge < -0.3 is 15.0 Å². The largest absolute Gasteiger partial charge is 0.390 e. The average molecular weight is 409 g/mol. The molecule has 1 aliphatic heterocycles. The summed E-state index contributed by atoms with van der Waals surface area (Å²) in [4.78, 5) is 16.5. The number of nitrogens with one attached hydrogen (secondary N) is 1. The van der Waals surface area contributed by atoms with Gasteiger partial charge in [-0.3, -0.25) is 0 Å². The smallest absolute Gasteiger partial charge is 0.153 e. The van der Waals surface area contributed by atoms with E-state index in [9.17, 15) is 5.11 Å². The number of nitrogens with zero attached hydrogens (tertiary/aromatic N) is 3. The molecule has 152 valence electrons. The van der Waals surface area contributed by atoms with E-state index in [1.807, 2.05) is 13.1 Å². The first-order valence-electron chi connectivity index (χ1n) is 10.6. The van der Waals surface area contributed by atoms with Crippen molar-refractivity contribution in [2.24, 2.45) is 5.41 Å². The van der Waals surface area contributed by atoms with Gasteiger partial charge in [-0.15, -0.1) is 0 Å². The number of hydrogen-bond acceptors (Lipinski definition) is 5. The fourth-order valence-electron chi connectivity index (χ4n) is 5.04. The summed E-state index contributed by atoms with van der Waals surface area (Å²) in [6.45, 7) is 3.99. The van der Waals surface area contributed by atoms with Crippen molar-refractivity contribution >= 4 is 28.5 Å². The van der Waals surface area contributed by atoms with E-state index in [1.165, 1.54) is 43.9 Å². The zero-order valence-electron chi connectivity index (χ0n) is 16.9. The van der Waals surface area contributed by atoms with Gasteiger partial charge in [0.05, 0.1) is 17.8 Å². The van der Waals surface area contributed by atoms with Crippen molar-refractivity contribution in [3.8, 4) is 0 Å². The Bertz CT molecular complexity index is 1010. The summed E-state index contributed by atoms with van der Waals surface area (Å²) in [7, 11) is 0. The Labute approximate surface area is 175 Å². The molecule has 5 nitrogen and oxygen atoms in total. The van der Waals surface area contributed by atoms with E-state index < -0.39 is 0 Å². The summed E-state index contributed by atoms with van der Waals surface area (Å²) in [6.07, 6.45) is 9.99. The highest BCUT2D eigenvalue weighted by atomic mass is 32.2. The SMILES string of the molecule is Cc1nc(N2CCC3(CCCC3)CC2)c(CO)nc1Sc1cccc2cc[nH]c12. The molecule has 1 saturated carbocycles. The van der Waals surface area contributed by atoms with Crippen LogP contribution in [-0.4, -0.2) is 33.1 Å². The van der Waals surface area contributed by atoms with E-state index >= 15 is 0 Å². The fraction of sp³-hybridized carbons (Fsp3) is 0.478. The third-order valence-electron chi connectivity index (χ3n) is 6.77. The first-order valence-corrected chi connectivity index (χ1v) is 11.5. The van der Waals surface area contributed by atoms with Gasteiger partial charge in [0, 0.05) is 29.6 Å². The monoisotopic (exact) mass is 408 g/mol. The quantitative estimate of drug-likeness (QED) is 0.631. The van der Waals surface area contributed by atoms with Crippen LogP contribution in [0.4, 0.5) is 5.82 Å². The molecule has 29 heavy (non-hydrogen) atoms. The summed E-state index contributed by atoms with van der Waals surface area (Å²) < 4.78 is 0. The van der Waals surface area contributed by atoms with Crippen LogP contribution in [0.1, 0.15) is 49.9 Å². The number of aromatic amines is 1. The van der Waals surface area contributed by atoms with E-state index in [-0.39, 0.29) is 6.61 Å². The van der Waals surface area contributed by atoms with Crippen molar-refractivity contribution in [3.63, 3.8) is 0 Å². The van der Waals surface area contributed by atoms with Crippen molar-refractivity contribution < 1.29 is 5.11 Å². The maximum absolute atomic E-state index is 10.0. The number of hydrogen-bond donors (Lipinski definition) is 2. The van der Waals surface area contributed by atoms with Crippen LogP contribution in [0, 0.1) is 12.3 Å². The van der Waals surface area contributed by atoms with Gasteiger partial charge in [-0.25, -0.2) is 9.97 Å². The summed E-state index contributed by atoms with van der Waals surface area (Å²) in [5.74, 6) is 0.875. The second-order valence-corrected chi connectivity index (χ2v) is 9.57. The Morgan fingerprint density at radius 2 is 1.90 bits per heavy atom. The van der Waals surface area contributed by atoms with E-state index in [4.69, 9.17) is 9.97 Å². The predicted octanol–water partition coefficient (Wildman–Crippen LogP) is 5.07. The van der Waals surface area contributed by atoms with Crippen LogP contribution in [0.15, 0.2) is 40.4 Å². The lowest BCUT2D eigenvalue weighted by atomic mass is 9.77. The number of fused-ring (bicyclic) bond motifs is 1. The number of rotatable bonds is 4. The van der Waals surface area contributed by atoms with Gasteiger partial charge in [-0.2, -0.15) is 0 Å². The molecule has 0 radical (unpaired) electrons. The molecule has 1 saturated heterocycles. The topological polar surface area (TPSA) is 65.0 Å². The van der Waals surface area contributed by atoms with Gasteiger partial charge in [0.2, 0.25) is 0 Å². The normalized spacial score (nSPS) is 18.8. The van der Waals surface area contributed by atoms with Crippen molar-refractivity contribution in [3.05, 3.63) is 41.9 Å². The van der Waals surface area contributed by atoms with Crippen molar-refractivity contribution in [1.82, 2.24) is 15.0 Å². The van der Waals surface area contributed by atoms with Crippen molar-refractivity contribution in [2.45, 2.75) is 62.0 Å². The number of benzene rings is 1. The van der Waals surface area contributed by atoms with Crippen LogP contribution in [0.5, 0.6) is 0 Å². The highest BCUT2D eigenvalue weighted by Gasteiger charge is 2.37. The lowest BCUT2D eigenvalue weighted by Gasteiger charge is -2.40. The van der Waals surface area contributed by atoms with E-state index in [0.717, 1.165) is 40.0 Å². The van der Waals surface area contributed by atoms with Crippen LogP contribution < -0.4 is 4.90 Å². The molecule has 0 unspecified atom stereocenters. The van der Waals surface area contributed by atoms with Gasteiger partial charge >= 0.3 is 0 Å². The third-order valence-corrected chi connectivity index (χ3v) is 7.91. The summed E-state index contributed by atoms with van der Waals surface area (Å²) in [6, 6.07) is 8.34. The zero-order valence-corrected chi connectivity index (χ0v) is 17.8. The molecular formula is C23H28N4OS. The maximum atomic E-state index is 10.0. The molecule has 1 aromatic carbocycles. The molecule has 3 aromatic rings. The maximum Gasteiger partial charge on any atom is 0.153 e. The molecule has 2 aliphatic rings. The van der Waals surface area contributed by atoms with Crippen molar-refractivity contribution in [1.29, 1.82) is 0 Å². The Hall–Kier alpha value is -2.05. The molecule has 5 rings (SSSR count). The first kappa shape index (κ1) is 18.9. The molecule has 1 aliphatic carbocycles. The van der Waals surface area contributed by atoms with Gasteiger partial charge in [0.25, 0.3) is 0 Å². The molecule has 0 atom stereocenters. The van der Waals surface area contributed by atoms with Crippen molar-refractivity contribution in [2.75, 3.05) is 18.0 Å². The number of aryl methyl sites for hydroxylation is 1. The number of aliphatic hydroxyl groups is 1. The number of aromatic nitrogens is 3. The van der Waals surface area contributed by atoms with Gasteiger partial charge in [-0.05, 0) is 50.2 Å². The van der Waals surface area contributed by atoms with E-state index in [2.05, 4.69) is 34.1 Å². The molecule has 2 N–H and O–H groups in total. The molecule has 0 amide bonds. The lowest BCUT2D eigenvalue weighted by Crippen LogP contribution is -2.40. The summed E-state index contributed by atoms with van der Waals surface area (Å²) >= 11 is 1.61. The fourth-order valence-corrected chi connectivity index (χ4v) is 6.03. The van der Waals surface area contributed by atoms with Crippen LogP contribution in [0.2, 0.25) is 0 Å². The Morgan fingerprint density at radius 1 is 1.10 bits per heavy atom. The molecule has 2 fully saturated rings. The molecule has 3 heterocycles. The number of piperidine rings is 1. The summed E-state index contributed by atoms with van der Waals surface area (Å²) in [5.41, 5.74) is 3.31. The standard InChI is InChI=1S/C23H28N4OS/c1-16-22(29-19-6-4-5-17-7-12-24-20(17)19)26-18(15-28)21(25-16)27-13-10-23(11-14-27)8-2-3-9-23/h4-7,12,24,28H,2-3,8-11,13-15H2,1H3. The zero-order chi connectivity index (χ0) is 19.8. The van der Waals surface area contributed by atoms with Crippen LogP contribution in [-0.2, 0) is 6.61 Å². The third kappa shape index (κ3) is 3.53. The molecule has 2 aromatic heterocycles. The average Bonchev–Trinajstić information content (AvgIpc) is 3.40. The first-order chi connectivity index (χ1) is 14.2. The predicted molar refractivity (Wildman–Crippen MR) is 117 cm³/mol. The van der Waals surface area contributed by atoms with Crippen LogP contribution in [0.3, 0.4) is 0 Å². The Morgan fingerprint density at radius 3 is 2.66 bits per heavy atom. The number of aliphatic hydroxyl groups excluding tert-OH is 1. The lowest BCUT2D eigenvalue weighted by molar-refractivity contribution is 0.224. The second-order valence-electron chi connectivity index (χ2n) is 8.54. The number of para-hydroxylation sites is 1. The molecule has 0 bridgehead atoms. The minimum atomic E-state index is -0.0789. The highest BCUT2D eigenvalue weighted by Crippen LogP contribution is 2.47. The second kappa shape index (κ2) is 7.65. The highest BCUT2D eigenvalue weighted by molar-refractivity contribution is 7.99. The molecular weight excluding hydrogens is 380 g/mol. The van der Waals surface area contributed by atoms with Gasteiger partial charge in [-0.1, -0.05) is 36.7 Å². The van der Waals surface area contributed by atoms with E-state index in [0.29, 0.717) is 11.1 Å². The van der Waals surface area contributed by atoms with Gasteiger partial charge in [0.15, 0.2) is 5.82 Å². The molecule has 1 spiro atoms. The summed E-state index contributed by atoms with van der Waals surface area (Å²) in [5, 5.41) is 12.1. The Balaban J connectivity index is 1.41.